The molecule has 1 N–H and O–H groups in total. The first-order valence-electron chi connectivity index (χ1n) is 10.1. The maximum atomic E-state index is 12.5. The summed E-state index contributed by atoms with van der Waals surface area (Å²) in [5, 5.41) is 16.0. The van der Waals surface area contributed by atoms with Crippen LogP contribution in [0.25, 0.3) is 10.8 Å². The summed E-state index contributed by atoms with van der Waals surface area (Å²) in [5.74, 6) is 0.0177. The standard InChI is InChI=1S/C23H24N4O3/c28-23(24-22-7-3-5-18-4-1-2-6-21(18)22)12-13-25-14-16-26(17-15-25)19-8-10-20(11-9-19)27(29)30/h1-11H,12-17H2,(H,24,28). The molecule has 7 heteroatoms. The fourth-order valence-corrected chi connectivity index (χ4v) is 3.82. The number of carbonyl (C=O) groups excluding carboxylic acids is 1. The molecule has 1 amide bonds. The van der Waals surface area contributed by atoms with E-state index in [1.54, 1.807) is 24.3 Å². The molecule has 1 saturated heterocycles. The molecule has 4 rings (SSSR count). The number of hydrogen-bond acceptors (Lipinski definition) is 5. The molecule has 0 unspecified atom stereocenters. The minimum Gasteiger partial charge on any atom is -0.369 e. The zero-order valence-electron chi connectivity index (χ0n) is 16.7. The minimum atomic E-state index is -0.384. The lowest BCUT2D eigenvalue weighted by Gasteiger charge is -2.36. The van der Waals surface area contributed by atoms with E-state index in [-0.39, 0.29) is 16.5 Å². The summed E-state index contributed by atoms with van der Waals surface area (Å²) in [4.78, 5) is 27.4. The van der Waals surface area contributed by atoms with Gasteiger partial charge in [0.05, 0.1) is 4.92 Å². The van der Waals surface area contributed by atoms with Gasteiger partial charge in [-0.05, 0) is 23.6 Å². The number of nitrogens with one attached hydrogen (secondary N) is 1. The van der Waals surface area contributed by atoms with E-state index < -0.39 is 0 Å². The molecule has 1 fully saturated rings. The van der Waals surface area contributed by atoms with E-state index in [0.717, 1.165) is 48.3 Å². The Balaban J connectivity index is 1.26. The molecule has 0 aromatic heterocycles. The van der Waals surface area contributed by atoms with Gasteiger partial charge in [-0.2, -0.15) is 0 Å². The predicted octanol–water partition coefficient (Wildman–Crippen LogP) is 3.90. The molecule has 1 heterocycles. The van der Waals surface area contributed by atoms with Crippen LogP contribution in [0.1, 0.15) is 6.42 Å². The number of benzene rings is 3. The van der Waals surface area contributed by atoms with E-state index in [4.69, 9.17) is 0 Å². The summed E-state index contributed by atoms with van der Waals surface area (Å²) in [5.41, 5.74) is 1.95. The number of nitrogens with zero attached hydrogens (tertiary/aromatic N) is 3. The van der Waals surface area contributed by atoms with Crippen LogP contribution in [0.2, 0.25) is 0 Å². The van der Waals surface area contributed by atoms with Crippen LogP contribution >= 0.6 is 0 Å². The van der Waals surface area contributed by atoms with Gasteiger partial charge in [-0.25, -0.2) is 0 Å². The van der Waals surface area contributed by atoms with Gasteiger partial charge in [0.2, 0.25) is 5.91 Å². The van der Waals surface area contributed by atoms with E-state index >= 15 is 0 Å². The van der Waals surface area contributed by atoms with Crippen LogP contribution < -0.4 is 10.2 Å². The number of nitro benzene ring substituents is 1. The minimum absolute atomic E-state index is 0.0177. The fraction of sp³-hybridized carbons (Fsp3) is 0.261. The Labute approximate surface area is 175 Å². The average Bonchev–Trinajstić information content (AvgIpc) is 2.78. The third-order valence-corrected chi connectivity index (χ3v) is 5.52. The third kappa shape index (κ3) is 4.58. The fourth-order valence-electron chi connectivity index (χ4n) is 3.82. The Morgan fingerprint density at radius 3 is 2.37 bits per heavy atom. The molecule has 30 heavy (non-hydrogen) atoms. The lowest BCUT2D eigenvalue weighted by molar-refractivity contribution is -0.384. The van der Waals surface area contributed by atoms with Gasteiger partial charge < -0.3 is 10.2 Å². The molecule has 1 aliphatic heterocycles. The topological polar surface area (TPSA) is 78.7 Å². The smallest absolute Gasteiger partial charge is 0.269 e. The van der Waals surface area contributed by atoms with Gasteiger partial charge >= 0.3 is 0 Å². The molecular weight excluding hydrogens is 380 g/mol. The zero-order chi connectivity index (χ0) is 20.9. The molecule has 0 saturated carbocycles. The van der Waals surface area contributed by atoms with E-state index in [9.17, 15) is 14.9 Å². The average molecular weight is 404 g/mol. The number of hydrogen-bond donors (Lipinski definition) is 1. The van der Waals surface area contributed by atoms with Gasteiger partial charge in [0, 0.05) is 68.0 Å². The number of amides is 1. The summed E-state index contributed by atoms with van der Waals surface area (Å²) in [7, 11) is 0. The van der Waals surface area contributed by atoms with Crippen molar-refractivity contribution < 1.29 is 9.72 Å². The number of carbonyl (C=O) groups is 1. The molecule has 1 aliphatic rings. The van der Waals surface area contributed by atoms with Gasteiger partial charge in [0.15, 0.2) is 0 Å². The summed E-state index contributed by atoms with van der Waals surface area (Å²) in [6, 6.07) is 20.6. The molecule has 0 radical (unpaired) electrons. The van der Waals surface area contributed by atoms with Crippen LogP contribution in [0.15, 0.2) is 66.7 Å². The Bertz CT molecular complexity index is 1040. The molecule has 0 bridgehead atoms. The second kappa shape index (κ2) is 8.92. The van der Waals surface area contributed by atoms with Gasteiger partial charge in [-0.15, -0.1) is 0 Å². The van der Waals surface area contributed by atoms with Gasteiger partial charge in [0.25, 0.3) is 5.69 Å². The van der Waals surface area contributed by atoms with Crippen molar-refractivity contribution in [2.45, 2.75) is 6.42 Å². The van der Waals surface area contributed by atoms with Crippen LogP contribution in [0.4, 0.5) is 17.1 Å². The SMILES string of the molecule is O=C(CCN1CCN(c2ccc([N+](=O)[O-])cc2)CC1)Nc1cccc2ccccc12. The summed E-state index contributed by atoms with van der Waals surface area (Å²) >= 11 is 0. The van der Waals surface area contributed by atoms with Crippen molar-refractivity contribution in [2.75, 3.05) is 42.9 Å². The second-order valence-corrected chi connectivity index (χ2v) is 7.43. The van der Waals surface area contributed by atoms with Crippen molar-refractivity contribution in [1.82, 2.24) is 4.90 Å². The summed E-state index contributed by atoms with van der Waals surface area (Å²) in [6.45, 7) is 4.10. The number of piperazine rings is 1. The van der Waals surface area contributed by atoms with Gasteiger partial charge in [-0.3, -0.25) is 19.8 Å². The van der Waals surface area contributed by atoms with Crippen molar-refractivity contribution >= 4 is 33.7 Å². The van der Waals surface area contributed by atoms with Crippen LogP contribution in [0.5, 0.6) is 0 Å². The van der Waals surface area contributed by atoms with E-state index in [0.29, 0.717) is 13.0 Å². The number of nitro groups is 1. The van der Waals surface area contributed by atoms with Crippen molar-refractivity contribution in [1.29, 1.82) is 0 Å². The highest BCUT2D eigenvalue weighted by Gasteiger charge is 2.18. The molecule has 7 nitrogen and oxygen atoms in total. The third-order valence-electron chi connectivity index (χ3n) is 5.52. The normalized spacial score (nSPS) is 14.6. The van der Waals surface area contributed by atoms with Gasteiger partial charge in [0.1, 0.15) is 0 Å². The maximum Gasteiger partial charge on any atom is 0.269 e. The van der Waals surface area contributed by atoms with Crippen LogP contribution in [0.3, 0.4) is 0 Å². The first-order valence-corrected chi connectivity index (χ1v) is 10.1. The molecule has 0 atom stereocenters. The highest BCUT2D eigenvalue weighted by molar-refractivity contribution is 6.02. The molecule has 3 aromatic rings. The van der Waals surface area contributed by atoms with Crippen LogP contribution in [-0.4, -0.2) is 48.5 Å². The highest BCUT2D eigenvalue weighted by Crippen LogP contribution is 2.23. The van der Waals surface area contributed by atoms with E-state index in [1.165, 1.54) is 0 Å². The highest BCUT2D eigenvalue weighted by atomic mass is 16.6. The van der Waals surface area contributed by atoms with Crippen LogP contribution in [0, 0.1) is 10.1 Å². The van der Waals surface area contributed by atoms with Crippen molar-refractivity contribution in [2.24, 2.45) is 0 Å². The number of rotatable bonds is 6. The van der Waals surface area contributed by atoms with Crippen molar-refractivity contribution in [3.05, 3.63) is 76.8 Å². The molecular formula is C23H24N4O3. The van der Waals surface area contributed by atoms with Gasteiger partial charge in [-0.1, -0.05) is 36.4 Å². The van der Waals surface area contributed by atoms with Crippen molar-refractivity contribution in [3.8, 4) is 0 Å². The van der Waals surface area contributed by atoms with Crippen LogP contribution in [-0.2, 0) is 4.79 Å². The first kappa shape index (κ1) is 19.8. The Morgan fingerprint density at radius 2 is 1.63 bits per heavy atom. The monoisotopic (exact) mass is 404 g/mol. The molecule has 0 aliphatic carbocycles. The van der Waals surface area contributed by atoms with Crippen molar-refractivity contribution in [3.63, 3.8) is 0 Å². The maximum absolute atomic E-state index is 12.5. The lowest BCUT2D eigenvalue weighted by atomic mass is 10.1. The molecule has 0 spiro atoms. The largest absolute Gasteiger partial charge is 0.369 e. The predicted molar refractivity (Wildman–Crippen MR) is 119 cm³/mol. The molecule has 3 aromatic carbocycles. The quantitative estimate of drug-likeness (QED) is 0.498. The van der Waals surface area contributed by atoms with E-state index in [1.807, 2.05) is 42.5 Å². The van der Waals surface area contributed by atoms with E-state index in [2.05, 4.69) is 15.1 Å². The summed E-state index contributed by atoms with van der Waals surface area (Å²) < 4.78 is 0. The Morgan fingerprint density at radius 1 is 0.933 bits per heavy atom. The molecule has 154 valence electrons. The lowest BCUT2D eigenvalue weighted by Crippen LogP contribution is -2.47. The Hall–Kier alpha value is -3.45. The number of non-ortho nitro benzene ring substituents is 1. The zero-order valence-corrected chi connectivity index (χ0v) is 16.7. The first-order chi connectivity index (χ1) is 14.6. The Kier molecular flexibility index (Phi) is 5.90. The number of anilines is 2. The number of fused-ring (bicyclic) bond motifs is 1. The summed E-state index contributed by atoms with van der Waals surface area (Å²) in [6.07, 6.45) is 0.445. The second-order valence-electron chi connectivity index (χ2n) is 7.43.